The molecular formula is C18H22N2O3. The monoisotopic (exact) mass is 314 g/mol. The number of aromatic nitrogens is 1. The highest BCUT2D eigenvalue weighted by Gasteiger charge is 2.08. The fourth-order valence-electron chi connectivity index (χ4n) is 2.07. The van der Waals surface area contributed by atoms with E-state index in [0.29, 0.717) is 30.2 Å². The Bertz CT molecular complexity index is 629. The Morgan fingerprint density at radius 2 is 2.13 bits per heavy atom. The Morgan fingerprint density at radius 1 is 1.26 bits per heavy atom. The number of amides is 1. The van der Waals surface area contributed by atoms with E-state index in [1.807, 2.05) is 12.1 Å². The quantitative estimate of drug-likeness (QED) is 0.805. The average Bonchev–Trinajstić information content (AvgIpc) is 2.59. The summed E-state index contributed by atoms with van der Waals surface area (Å²) < 4.78 is 11.1. The zero-order valence-electron chi connectivity index (χ0n) is 13.5. The molecule has 0 unspecified atom stereocenters. The Hall–Kier alpha value is -2.56. The van der Waals surface area contributed by atoms with Crippen LogP contribution in [0.5, 0.6) is 11.5 Å². The van der Waals surface area contributed by atoms with Gasteiger partial charge in [-0.05, 0) is 24.6 Å². The number of nitrogens with zero attached hydrogens (tertiary/aromatic N) is 1. The third-order valence-electron chi connectivity index (χ3n) is 3.32. The molecule has 23 heavy (non-hydrogen) atoms. The molecule has 0 atom stereocenters. The summed E-state index contributed by atoms with van der Waals surface area (Å²) in [7, 11) is 1.59. The predicted molar refractivity (Wildman–Crippen MR) is 89.7 cm³/mol. The molecule has 0 bridgehead atoms. The predicted octanol–water partition coefficient (Wildman–Crippen LogP) is 3.80. The zero-order valence-corrected chi connectivity index (χ0v) is 13.5. The number of unbranched alkanes of at least 4 members (excludes halogenated alkanes) is 1. The number of benzene rings is 1. The van der Waals surface area contributed by atoms with Gasteiger partial charge < -0.3 is 14.8 Å². The molecule has 0 radical (unpaired) electrons. The molecule has 1 amide bonds. The molecule has 0 fully saturated rings. The maximum atomic E-state index is 11.8. The summed E-state index contributed by atoms with van der Waals surface area (Å²) in [6.07, 6.45) is 5.87. The maximum absolute atomic E-state index is 11.8. The van der Waals surface area contributed by atoms with Gasteiger partial charge in [-0.1, -0.05) is 19.4 Å². The lowest BCUT2D eigenvalue weighted by atomic mass is 10.2. The molecule has 0 aliphatic carbocycles. The van der Waals surface area contributed by atoms with Crippen molar-refractivity contribution in [3.05, 3.63) is 48.3 Å². The molecular weight excluding hydrogens is 292 g/mol. The first-order valence-corrected chi connectivity index (χ1v) is 7.72. The van der Waals surface area contributed by atoms with E-state index in [0.717, 1.165) is 18.4 Å². The molecule has 0 saturated heterocycles. The van der Waals surface area contributed by atoms with Gasteiger partial charge in [-0.25, -0.2) is 0 Å². The number of rotatable bonds is 8. The van der Waals surface area contributed by atoms with Gasteiger partial charge in [0.25, 0.3) is 0 Å². The number of carbonyl (C=O) groups is 1. The van der Waals surface area contributed by atoms with Crippen molar-refractivity contribution in [2.75, 3.05) is 12.4 Å². The van der Waals surface area contributed by atoms with Crippen LogP contribution in [-0.4, -0.2) is 18.0 Å². The average molecular weight is 314 g/mol. The van der Waals surface area contributed by atoms with Crippen LogP contribution in [0.1, 0.15) is 31.7 Å². The van der Waals surface area contributed by atoms with Crippen molar-refractivity contribution in [2.24, 2.45) is 0 Å². The van der Waals surface area contributed by atoms with Crippen molar-refractivity contribution in [1.29, 1.82) is 0 Å². The standard InChI is InChI=1S/C18H22N2O3/c1-3-4-7-18(21)20-15-8-9-16(22-2)17(11-15)23-13-14-6-5-10-19-12-14/h5-6,8-12H,3-4,7,13H2,1-2H3,(H,20,21). The second-order valence-electron chi connectivity index (χ2n) is 5.17. The van der Waals surface area contributed by atoms with Crippen LogP contribution in [0.4, 0.5) is 5.69 Å². The van der Waals surface area contributed by atoms with E-state index in [-0.39, 0.29) is 5.91 Å². The highest BCUT2D eigenvalue weighted by molar-refractivity contribution is 5.91. The normalized spacial score (nSPS) is 10.2. The van der Waals surface area contributed by atoms with E-state index in [9.17, 15) is 4.79 Å². The first-order chi connectivity index (χ1) is 11.2. The Morgan fingerprint density at radius 3 is 2.83 bits per heavy atom. The van der Waals surface area contributed by atoms with Crippen LogP contribution in [0.2, 0.25) is 0 Å². The molecule has 1 aromatic heterocycles. The fraction of sp³-hybridized carbons (Fsp3) is 0.333. The summed E-state index contributed by atoms with van der Waals surface area (Å²) in [5.74, 6) is 1.22. The van der Waals surface area contributed by atoms with E-state index >= 15 is 0 Å². The van der Waals surface area contributed by atoms with Crippen molar-refractivity contribution in [1.82, 2.24) is 4.98 Å². The summed E-state index contributed by atoms with van der Waals surface area (Å²) in [6, 6.07) is 9.17. The van der Waals surface area contributed by atoms with Crippen molar-refractivity contribution in [3.63, 3.8) is 0 Å². The SMILES string of the molecule is CCCCC(=O)Nc1ccc(OC)c(OCc2cccnc2)c1. The van der Waals surface area contributed by atoms with Crippen LogP contribution >= 0.6 is 0 Å². The number of carbonyl (C=O) groups excluding carboxylic acids is 1. The Labute approximate surface area is 136 Å². The van der Waals surface area contributed by atoms with Gasteiger partial charge in [0.2, 0.25) is 5.91 Å². The third kappa shape index (κ3) is 5.29. The molecule has 2 aromatic rings. The van der Waals surface area contributed by atoms with Crippen LogP contribution < -0.4 is 14.8 Å². The van der Waals surface area contributed by atoms with Gasteiger partial charge >= 0.3 is 0 Å². The van der Waals surface area contributed by atoms with Gasteiger partial charge in [-0.3, -0.25) is 9.78 Å². The number of hydrogen-bond acceptors (Lipinski definition) is 4. The highest BCUT2D eigenvalue weighted by atomic mass is 16.5. The van der Waals surface area contributed by atoms with E-state index in [2.05, 4.69) is 17.2 Å². The first-order valence-electron chi connectivity index (χ1n) is 7.72. The van der Waals surface area contributed by atoms with Crippen LogP contribution in [0.25, 0.3) is 0 Å². The van der Waals surface area contributed by atoms with Crippen molar-refractivity contribution < 1.29 is 14.3 Å². The molecule has 0 aliphatic heterocycles. The molecule has 5 nitrogen and oxygen atoms in total. The zero-order chi connectivity index (χ0) is 16.5. The summed E-state index contributed by atoms with van der Waals surface area (Å²) in [4.78, 5) is 15.9. The van der Waals surface area contributed by atoms with Gasteiger partial charge in [0, 0.05) is 36.1 Å². The molecule has 1 aromatic carbocycles. The Balaban J connectivity index is 2.04. The second-order valence-corrected chi connectivity index (χ2v) is 5.17. The first kappa shape index (κ1) is 16.8. The molecule has 0 aliphatic rings. The van der Waals surface area contributed by atoms with Crippen LogP contribution in [0.15, 0.2) is 42.7 Å². The van der Waals surface area contributed by atoms with Gasteiger partial charge in [-0.2, -0.15) is 0 Å². The smallest absolute Gasteiger partial charge is 0.224 e. The lowest BCUT2D eigenvalue weighted by Crippen LogP contribution is -2.11. The molecule has 1 N–H and O–H groups in total. The molecule has 122 valence electrons. The molecule has 0 spiro atoms. The van der Waals surface area contributed by atoms with Crippen LogP contribution in [0, 0.1) is 0 Å². The molecule has 2 rings (SSSR count). The summed E-state index contributed by atoms with van der Waals surface area (Å²) in [5, 5.41) is 2.88. The lowest BCUT2D eigenvalue weighted by Gasteiger charge is -2.13. The third-order valence-corrected chi connectivity index (χ3v) is 3.32. The van der Waals surface area contributed by atoms with E-state index in [1.165, 1.54) is 0 Å². The van der Waals surface area contributed by atoms with E-state index in [4.69, 9.17) is 9.47 Å². The lowest BCUT2D eigenvalue weighted by molar-refractivity contribution is -0.116. The van der Waals surface area contributed by atoms with Gasteiger partial charge in [0.15, 0.2) is 11.5 Å². The van der Waals surface area contributed by atoms with Crippen LogP contribution in [-0.2, 0) is 11.4 Å². The molecule has 5 heteroatoms. The number of anilines is 1. The number of nitrogens with one attached hydrogen (secondary N) is 1. The fourth-order valence-corrected chi connectivity index (χ4v) is 2.07. The van der Waals surface area contributed by atoms with Gasteiger partial charge in [0.05, 0.1) is 7.11 Å². The van der Waals surface area contributed by atoms with E-state index < -0.39 is 0 Å². The number of hydrogen-bond donors (Lipinski definition) is 1. The van der Waals surface area contributed by atoms with Crippen LogP contribution in [0.3, 0.4) is 0 Å². The van der Waals surface area contributed by atoms with Gasteiger partial charge in [0.1, 0.15) is 6.61 Å². The topological polar surface area (TPSA) is 60.5 Å². The van der Waals surface area contributed by atoms with E-state index in [1.54, 1.807) is 37.7 Å². The molecule has 1 heterocycles. The minimum atomic E-state index is 0.00947. The van der Waals surface area contributed by atoms with Gasteiger partial charge in [-0.15, -0.1) is 0 Å². The van der Waals surface area contributed by atoms with Crippen molar-refractivity contribution >= 4 is 11.6 Å². The minimum absolute atomic E-state index is 0.00947. The summed E-state index contributed by atoms with van der Waals surface area (Å²) >= 11 is 0. The van der Waals surface area contributed by atoms with Crippen molar-refractivity contribution in [2.45, 2.75) is 32.8 Å². The summed E-state index contributed by atoms with van der Waals surface area (Å²) in [5.41, 5.74) is 1.67. The second kappa shape index (κ2) is 8.78. The largest absolute Gasteiger partial charge is 0.493 e. The number of methoxy groups -OCH3 is 1. The maximum Gasteiger partial charge on any atom is 0.224 e. The molecule has 0 saturated carbocycles. The van der Waals surface area contributed by atoms with Crippen molar-refractivity contribution in [3.8, 4) is 11.5 Å². The number of ether oxygens (including phenoxy) is 2. The Kier molecular flexibility index (Phi) is 6.41. The minimum Gasteiger partial charge on any atom is -0.493 e. The number of pyridine rings is 1. The highest BCUT2D eigenvalue weighted by Crippen LogP contribution is 2.31. The summed E-state index contributed by atoms with van der Waals surface area (Å²) in [6.45, 7) is 2.45.